The molecule has 0 saturated carbocycles. The van der Waals surface area contributed by atoms with E-state index in [0.29, 0.717) is 12.2 Å². The van der Waals surface area contributed by atoms with Gasteiger partial charge < -0.3 is 15.8 Å². The molecule has 1 aromatic heterocycles. The minimum absolute atomic E-state index is 0.0562. The lowest BCUT2D eigenvalue weighted by atomic mass is 10.00. The molecule has 0 amide bonds. The predicted octanol–water partition coefficient (Wildman–Crippen LogP) is 3.29. The van der Waals surface area contributed by atoms with Crippen molar-refractivity contribution in [1.82, 2.24) is 9.71 Å². The Morgan fingerprint density at radius 2 is 1.91 bits per heavy atom. The lowest BCUT2D eigenvalue weighted by molar-refractivity contribution is 0.415. The lowest BCUT2D eigenvalue weighted by Crippen LogP contribution is -2.26. The first-order chi connectivity index (χ1) is 16.4. The molecular weight excluding hydrogens is 450 g/mol. The van der Waals surface area contributed by atoms with Crippen LogP contribution in [-0.2, 0) is 16.6 Å². The molecule has 0 unspecified atom stereocenters. The summed E-state index contributed by atoms with van der Waals surface area (Å²) in [6.07, 6.45) is 6.89. The van der Waals surface area contributed by atoms with E-state index < -0.39 is 10.0 Å². The van der Waals surface area contributed by atoms with Crippen LogP contribution in [0.2, 0.25) is 0 Å². The number of aliphatic imine (C=N–C) groups is 1. The topological polar surface area (TPSA) is 119 Å². The smallest absolute Gasteiger partial charge is 0.213 e. The molecule has 0 saturated heterocycles. The average molecular weight is 480 g/mol. The Morgan fingerprint density at radius 3 is 2.59 bits per heavy atom. The van der Waals surface area contributed by atoms with Crippen LogP contribution in [0.4, 0.5) is 5.69 Å². The number of nitrogens with zero attached hydrogens (tertiary/aromatic N) is 2. The van der Waals surface area contributed by atoms with Crippen molar-refractivity contribution in [2.24, 2.45) is 10.7 Å². The van der Waals surface area contributed by atoms with Crippen molar-refractivity contribution < 1.29 is 13.2 Å². The van der Waals surface area contributed by atoms with Gasteiger partial charge in [0, 0.05) is 42.1 Å². The Morgan fingerprint density at radius 1 is 1.15 bits per heavy atom. The molecule has 1 heterocycles. The number of ether oxygens (including phenoxy) is 1. The second kappa shape index (κ2) is 12.0. The largest absolute Gasteiger partial charge is 0.497 e. The molecular formula is C25H29N5O3S. The van der Waals surface area contributed by atoms with Gasteiger partial charge in [0.25, 0.3) is 0 Å². The summed E-state index contributed by atoms with van der Waals surface area (Å²) < 4.78 is 31.1. The SMILES string of the molecule is CNS(=O)(=O)CCNc1ccc(-c2ccc(OC)cc2)cc1C(N)=CC=NCc1cccnc1. The molecule has 34 heavy (non-hydrogen) atoms. The van der Waals surface area contributed by atoms with Crippen molar-refractivity contribution in [1.29, 1.82) is 0 Å². The molecule has 0 fully saturated rings. The molecule has 0 bridgehead atoms. The zero-order chi connectivity index (χ0) is 24.4. The summed E-state index contributed by atoms with van der Waals surface area (Å²) in [7, 11) is -0.294. The lowest BCUT2D eigenvalue weighted by Gasteiger charge is -2.15. The van der Waals surface area contributed by atoms with Crippen LogP contribution in [-0.4, -0.2) is 46.1 Å². The molecule has 0 aliphatic rings. The highest BCUT2D eigenvalue weighted by Crippen LogP contribution is 2.29. The van der Waals surface area contributed by atoms with Gasteiger partial charge >= 0.3 is 0 Å². The summed E-state index contributed by atoms with van der Waals surface area (Å²) in [5, 5.41) is 3.19. The summed E-state index contributed by atoms with van der Waals surface area (Å²) in [4.78, 5) is 8.48. The van der Waals surface area contributed by atoms with E-state index >= 15 is 0 Å². The molecule has 2 aromatic carbocycles. The number of benzene rings is 2. The normalized spacial score (nSPS) is 12.1. The van der Waals surface area contributed by atoms with Gasteiger partial charge in [-0.15, -0.1) is 0 Å². The van der Waals surface area contributed by atoms with Crippen LogP contribution in [0.3, 0.4) is 0 Å². The first-order valence-corrected chi connectivity index (χ1v) is 12.4. The summed E-state index contributed by atoms with van der Waals surface area (Å²) >= 11 is 0. The van der Waals surface area contributed by atoms with Crippen molar-refractivity contribution in [2.45, 2.75) is 6.54 Å². The number of nitrogens with one attached hydrogen (secondary N) is 2. The Bertz CT molecular complexity index is 1240. The second-order valence-corrected chi connectivity index (χ2v) is 9.46. The minimum atomic E-state index is -3.32. The quantitative estimate of drug-likeness (QED) is 0.363. The highest BCUT2D eigenvalue weighted by Gasteiger charge is 2.11. The van der Waals surface area contributed by atoms with E-state index in [4.69, 9.17) is 10.5 Å². The van der Waals surface area contributed by atoms with Crippen molar-refractivity contribution in [2.75, 3.05) is 31.8 Å². The van der Waals surface area contributed by atoms with E-state index in [-0.39, 0.29) is 12.3 Å². The van der Waals surface area contributed by atoms with Crippen LogP contribution < -0.4 is 20.5 Å². The fourth-order valence-corrected chi connectivity index (χ4v) is 3.77. The summed E-state index contributed by atoms with van der Waals surface area (Å²) in [6.45, 7) is 0.733. The van der Waals surface area contributed by atoms with Crippen LogP contribution in [0.1, 0.15) is 11.1 Å². The van der Waals surface area contributed by atoms with E-state index in [1.165, 1.54) is 7.05 Å². The summed E-state index contributed by atoms with van der Waals surface area (Å²) in [5.41, 5.74) is 11.4. The zero-order valence-electron chi connectivity index (χ0n) is 19.2. The first-order valence-electron chi connectivity index (χ1n) is 10.7. The Balaban J connectivity index is 1.85. The highest BCUT2D eigenvalue weighted by molar-refractivity contribution is 7.89. The van der Waals surface area contributed by atoms with E-state index in [9.17, 15) is 8.42 Å². The van der Waals surface area contributed by atoms with Crippen LogP contribution in [0.5, 0.6) is 5.75 Å². The number of hydrogen-bond donors (Lipinski definition) is 3. The third-order valence-corrected chi connectivity index (χ3v) is 6.47. The number of rotatable bonds is 11. The average Bonchev–Trinajstić information content (AvgIpc) is 2.87. The number of hydrogen-bond acceptors (Lipinski definition) is 7. The zero-order valence-corrected chi connectivity index (χ0v) is 20.0. The van der Waals surface area contributed by atoms with Gasteiger partial charge in [0.1, 0.15) is 5.75 Å². The molecule has 0 spiro atoms. The fraction of sp³-hybridized carbons (Fsp3) is 0.200. The summed E-state index contributed by atoms with van der Waals surface area (Å²) in [6, 6.07) is 17.4. The molecule has 0 aliphatic carbocycles. The molecule has 3 aromatic rings. The van der Waals surface area contributed by atoms with Gasteiger partial charge in [0.15, 0.2) is 0 Å². The molecule has 0 radical (unpaired) electrons. The van der Waals surface area contributed by atoms with Crippen LogP contribution >= 0.6 is 0 Å². The van der Waals surface area contributed by atoms with Gasteiger partial charge in [0.2, 0.25) is 10.0 Å². The summed E-state index contributed by atoms with van der Waals surface area (Å²) in [5.74, 6) is 0.719. The number of nitrogens with two attached hydrogens (primary N) is 1. The van der Waals surface area contributed by atoms with E-state index in [1.54, 1.807) is 31.8 Å². The number of aromatic nitrogens is 1. The molecule has 8 nitrogen and oxygen atoms in total. The van der Waals surface area contributed by atoms with E-state index in [2.05, 4.69) is 20.0 Å². The molecule has 9 heteroatoms. The molecule has 178 valence electrons. The molecule has 3 rings (SSSR count). The molecule has 0 atom stereocenters. The standard InChI is InChI=1S/C25H29N5O3S/c1-27-34(31,32)15-14-30-25-10-7-21(20-5-8-22(33-2)9-6-20)16-23(25)24(26)11-13-29-18-19-4-3-12-28-17-19/h3-13,16-17,27,30H,14-15,18,26H2,1-2H3. The fourth-order valence-electron chi connectivity index (χ4n) is 3.19. The van der Waals surface area contributed by atoms with Crippen molar-refractivity contribution >= 4 is 27.6 Å². The van der Waals surface area contributed by atoms with Crippen molar-refractivity contribution in [3.63, 3.8) is 0 Å². The Labute approximate surface area is 200 Å². The van der Waals surface area contributed by atoms with Gasteiger partial charge in [-0.05, 0) is 60.1 Å². The van der Waals surface area contributed by atoms with Crippen molar-refractivity contribution in [3.8, 4) is 16.9 Å². The second-order valence-electron chi connectivity index (χ2n) is 7.41. The maximum absolute atomic E-state index is 11.8. The van der Waals surface area contributed by atoms with Crippen molar-refractivity contribution in [3.05, 3.63) is 84.2 Å². The predicted molar refractivity (Wildman–Crippen MR) is 138 cm³/mol. The number of allylic oxidation sites excluding steroid dienone is 1. The minimum Gasteiger partial charge on any atom is -0.497 e. The van der Waals surface area contributed by atoms with Crippen LogP contribution in [0.15, 0.2) is 78.1 Å². The number of sulfonamides is 1. The maximum Gasteiger partial charge on any atom is 0.213 e. The third-order valence-electron chi connectivity index (χ3n) is 5.11. The van der Waals surface area contributed by atoms with Gasteiger partial charge in [-0.1, -0.05) is 24.3 Å². The van der Waals surface area contributed by atoms with Crippen LogP contribution in [0.25, 0.3) is 16.8 Å². The van der Waals surface area contributed by atoms with Gasteiger partial charge in [-0.3, -0.25) is 9.98 Å². The number of methoxy groups -OCH3 is 1. The molecule has 4 N–H and O–H groups in total. The monoisotopic (exact) mass is 479 g/mol. The third kappa shape index (κ3) is 7.16. The van der Waals surface area contributed by atoms with Gasteiger partial charge in [0.05, 0.1) is 19.4 Å². The van der Waals surface area contributed by atoms with E-state index in [1.807, 2.05) is 54.6 Å². The Kier molecular flexibility index (Phi) is 8.78. The van der Waals surface area contributed by atoms with E-state index in [0.717, 1.165) is 33.7 Å². The van der Waals surface area contributed by atoms with Gasteiger partial charge in [-0.2, -0.15) is 0 Å². The maximum atomic E-state index is 11.8. The Hall–Kier alpha value is -3.69. The number of pyridine rings is 1. The highest BCUT2D eigenvalue weighted by atomic mass is 32.2. The first kappa shape index (κ1) is 24.9. The van der Waals surface area contributed by atoms with Crippen LogP contribution in [0, 0.1) is 0 Å². The molecule has 0 aliphatic heterocycles. The van der Waals surface area contributed by atoms with Gasteiger partial charge in [-0.25, -0.2) is 13.1 Å². The number of anilines is 1.